The third kappa shape index (κ3) is 5.45. The molecule has 0 N–H and O–H groups in total. The molecule has 1 fully saturated rings. The van der Waals surface area contributed by atoms with Crippen LogP contribution in [0.25, 0.3) is 0 Å². The molecule has 0 radical (unpaired) electrons. The molecule has 0 saturated carbocycles. The number of aromatic nitrogens is 1. The summed E-state index contributed by atoms with van der Waals surface area (Å²) in [6.07, 6.45) is -4.48. The molecule has 2 heterocycles. The summed E-state index contributed by atoms with van der Waals surface area (Å²) in [5.41, 5.74) is 0.920. The number of hydrogen-bond donors (Lipinski definition) is 0. The van der Waals surface area contributed by atoms with Crippen molar-refractivity contribution in [1.29, 1.82) is 5.26 Å². The highest BCUT2D eigenvalue weighted by Crippen LogP contribution is 2.22. The van der Waals surface area contributed by atoms with Crippen molar-refractivity contribution in [3.05, 3.63) is 59.8 Å². The smallest absolute Gasteiger partial charge is 0.422 e. The highest BCUT2D eigenvalue weighted by Gasteiger charge is 2.30. The average molecular weight is 404 g/mol. The van der Waals surface area contributed by atoms with Gasteiger partial charge < -0.3 is 9.64 Å². The quantitative estimate of drug-likeness (QED) is 0.766. The van der Waals surface area contributed by atoms with Crippen molar-refractivity contribution in [3.63, 3.8) is 0 Å². The molecule has 6 nitrogen and oxygen atoms in total. The Morgan fingerprint density at radius 3 is 2.41 bits per heavy atom. The normalized spacial score (nSPS) is 16.1. The maximum atomic E-state index is 12.7. The molecule has 1 atom stereocenters. The molecule has 1 aromatic carbocycles. The second-order valence-electron chi connectivity index (χ2n) is 6.54. The summed E-state index contributed by atoms with van der Waals surface area (Å²) in [4.78, 5) is 20.1. The summed E-state index contributed by atoms with van der Waals surface area (Å²) in [6, 6.07) is 15.5. The molecule has 9 heteroatoms. The fourth-order valence-corrected chi connectivity index (χ4v) is 3.12. The zero-order valence-corrected chi connectivity index (χ0v) is 15.5. The molecule has 2 aromatic rings. The zero-order valence-electron chi connectivity index (χ0n) is 15.5. The molecule has 29 heavy (non-hydrogen) atoms. The molecule has 1 aromatic heterocycles. The summed E-state index contributed by atoms with van der Waals surface area (Å²) in [6.45, 7) is 0.315. The van der Waals surface area contributed by atoms with Gasteiger partial charge in [0.1, 0.15) is 11.7 Å². The first-order valence-corrected chi connectivity index (χ1v) is 9.02. The number of rotatable bonds is 5. The molecular weight excluding hydrogens is 385 g/mol. The monoisotopic (exact) mass is 404 g/mol. The molecule has 152 valence electrons. The van der Waals surface area contributed by atoms with Crippen molar-refractivity contribution in [2.24, 2.45) is 0 Å². The van der Waals surface area contributed by atoms with E-state index in [4.69, 9.17) is 0 Å². The molecule has 1 saturated heterocycles. The highest BCUT2D eigenvalue weighted by atomic mass is 19.4. The number of ether oxygens (including phenoxy) is 1. The number of halogens is 3. The Morgan fingerprint density at radius 1 is 1.10 bits per heavy atom. The van der Waals surface area contributed by atoms with Crippen LogP contribution in [0.2, 0.25) is 0 Å². The van der Waals surface area contributed by atoms with Crippen LogP contribution in [-0.4, -0.2) is 59.7 Å². The summed E-state index contributed by atoms with van der Waals surface area (Å²) in [5.74, 6) is -0.629. The van der Waals surface area contributed by atoms with Crippen molar-refractivity contribution in [1.82, 2.24) is 14.8 Å². The lowest BCUT2D eigenvalue weighted by Crippen LogP contribution is -2.49. The minimum absolute atomic E-state index is 0.0259. The van der Waals surface area contributed by atoms with E-state index in [9.17, 15) is 23.2 Å². The molecule has 1 aliphatic rings. The Hall–Kier alpha value is -3.12. The molecule has 1 aliphatic heterocycles. The molecule has 0 bridgehead atoms. The first-order chi connectivity index (χ1) is 13.9. The first kappa shape index (κ1) is 20.6. The molecular formula is C20H19F3N4O2. The second-order valence-corrected chi connectivity index (χ2v) is 6.54. The fraction of sp³-hybridized carbons (Fsp3) is 0.350. The SMILES string of the molecule is N#C[C@@H](c1ccccc1)N1CCN(C(=O)c2cccc(OCC(F)(F)F)n2)CC1. The number of carbonyl (C=O) groups excluding carboxylic acids is 1. The number of nitrogens with zero attached hydrogens (tertiary/aromatic N) is 4. The van der Waals surface area contributed by atoms with Crippen molar-refractivity contribution in [3.8, 4) is 11.9 Å². The van der Waals surface area contributed by atoms with Gasteiger partial charge in [0.25, 0.3) is 5.91 Å². The second kappa shape index (κ2) is 8.92. The summed E-state index contributed by atoms with van der Waals surface area (Å²) in [7, 11) is 0. The van der Waals surface area contributed by atoms with E-state index >= 15 is 0 Å². The van der Waals surface area contributed by atoms with Gasteiger partial charge in [-0.1, -0.05) is 36.4 Å². The van der Waals surface area contributed by atoms with Crippen LogP contribution < -0.4 is 4.74 Å². The number of nitriles is 1. The van der Waals surface area contributed by atoms with Gasteiger partial charge in [0.2, 0.25) is 5.88 Å². The minimum Gasteiger partial charge on any atom is -0.468 e. The van der Waals surface area contributed by atoms with Crippen molar-refractivity contribution in [2.45, 2.75) is 12.2 Å². The van der Waals surface area contributed by atoms with Crippen LogP contribution in [0.1, 0.15) is 22.1 Å². The van der Waals surface area contributed by atoms with E-state index in [1.807, 2.05) is 35.2 Å². The van der Waals surface area contributed by atoms with Crippen LogP contribution in [0, 0.1) is 11.3 Å². The van der Waals surface area contributed by atoms with Gasteiger partial charge in [0.15, 0.2) is 6.61 Å². The van der Waals surface area contributed by atoms with Gasteiger partial charge >= 0.3 is 6.18 Å². The lowest BCUT2D eigenvalue weighted by atomic mass is 10.1. The summed E-state index contributed by atoms with van der Waals surface area (Å²) < 4.78 is 41.5. The van der Waals surface area contributed by atoms with Crippen LogP contribution in [0.15, 0.2) is 48.5 Å². The summed E-state index contributed by atoms with van der Waals surface area (Å²) >= 11 is 0. The molecule has 0 spiro atoms. The maximum Gasteiger partial charge on any atom is 0.422 e. The third-order valence-corrected chi connectivity index (χ3v) is 4.53. The lowest BCUT2D eigenvalue weighted by molar-refractivity contribution is -0.154. The number of piperazine rings is 1. The molecule has 1 amide bonds. The van der Waals surface area contributed by atoms with Gasteiger partial charge in [-0.3, -0.25) is 9.69 Å². The van der Waals surface area contributed by atoms with Crippen LogP contribution in [0.5, 0.6) is 5.88 Å². The molecule has 3 rings (SSSR count). The Kier molecular flexibility index (Phi) is 6.34. The molecule has 0 unspecified atom stereocenters. The number of amides is 1. The van der Waals surface area contributed by atoms with E-state index in [2.05, 4.69) is 15.8 Å². The Balaban J connectivity index is 1.61. The largest absolute Gasteiger partial charge is 0.468 e. The topological polar surface area (TPSA) is 69.5 Å². The van der Waals surface area contributed by atoms with Gasteiger partial charge in [-0.25, -0.2) is 4.98 Å². The van der Waals surface area contributed by atoms with E-state index in [1.54, 1.807) is 4.90 Å². The standard InChI is InChI=1S/C20H19F3N4O2/c21-20(22,23)14-29-18-8-4-7-16(25-18)19(28)27-11-9-26(10-12-27)17(13-24)15-5-2-1-3-6-15/h1-8,17H,9-12,14H2/t17-/m0/s1. The lowest BCUT2D eigenvalue weighted by Gasteiger charge is -2.36. The fourth-order valence-electron chi connectivity index (χ4n) is 3.12. The predicted molar refractivity (Wildman–Crippen MR) is 98.1 cm³/mol. The van der Waals surface area contributed by atoms with Crippen LogP contribution >= 0.6 is 0 Å². The first-order valence-electron chi connectivity index (χ1n) is 9.02. The minimum atomic E-state index is -4.48. The summed E-state index contributed by atoms with van der Waals surface area (Å²) in [5, 5.41) is 9.55. The maximum absolute atomic E-state index is 12.7. The third-order valence-electron chi connectivity index (χ3n) is 4.53. The van der Waals surface area contributed by atoms with Gasteiger partial charge in [0.05, 0.1) is 6.07 Å². The van der Waals surface area contributed by atoms with Crippen molar-refractivity contribution < 1.29 is 22.7 Å². The van der Waals surface area contributed by atoms with Crippen LogP contribution in [0.4, 0.5) is 13.2 Å². The van der Waals surface area contributed by atoms with E-state index in [1.165, 1.54) is 18.2 Å². The Labute approximate surface area is 166 Å². The van der Waals surface area contributed by atoms with Crippen LogP contribution in [0.3, 0.4) is 0 Å². The van der Waals surface area contributed by atoms with E-state index in [0.717, 1.165) is 5.56 Å². The van der Waals surface area contributed by atoms with Gasteiger partial charge in [0, 0.05) is 32.2 Å². The average Bonchev–Trinajstić information content (AvgIpc) is 2.73. The Morgan fingerprint density at radius 2 is 1.79 bits per heavy atom. The predicted octanol–water partition coefficient (Wildman–Crippen LogP) is 3.05. The highest BCUT2D eigenvalue weighted by molar-refractivity contribution is 5.92. The van der Waals surface area contributed by atoms with Crippen molar-refractivity contribution in [2.75, 3.05) is 32.8 Å². The number of pyridine rings is 1. The zero-order chi connectivity index (χ0) is 20.9. The van der Waals surface area contributed by atoms with E-state index < -0.39 is 18.8 Å². The van der Waals surface area contributed by atoms with E-state index in [0.29, 0.717) is 26.2 Å². The van der Waals surface area contributed by atoms with Gasteiger partial charge in [-0.15, -0.1) is 0 Å². The number of hydrogen-bond acceptors (Lipinski definition) is 5. The van der Waals surface area contributed by atoms with Gasteiger partial charge in [-0.2, -0.15) is 18.4 Å². The Bertz CT molecular complexity index is 875. The number of benzene rings is 1. The molecule has 0 aliphatic carbocycles. The number of carbonyl (C=O) groups is 1. The van der Waals surface area contributed by atoms with Gasteiger partial charge in [-0.05, 0) is 11.6 Å². The van der Waals surface area contributed by atoms with E-state index in [-0.39, 0.29) is 17.5 Å². The van der Waals surface area contributed by atoms with Crippen LogP contribution in [-0.2, 0) is 0 Å². The number of alkyl halides is 3. The van der Waals surface area contributed by atoms with Crippen molar-refractivity contribution >= 4 is 5.91 Å².